The first-order chi connectivity index (χ1) is 14.7. The summed E-state index contributed by atoms with van der Waals surface area (Å²) in [6, 6.07) is 9.79. The van der Waals surface area contributed by atoms with Crippen LogP contribution in [0, 0.1) is 16.7 Å². The first-order valence-corrected chi connectivity index (χ1v) is 10.5. The van der Waals surface area contributed by atoms with E-state index in [-0.39, 0.29) is 17.9 Å². The number of H-pyrrole nitrogens is 1. The Morgan fingerprint density at radius 2 is 1.87 bits per heavy atom. The van der Waals surface area contributed by atoms with E-state index in [4.69, 9.17) is 10.00 Å². The summed E-state index contributed by atoms with van der Waals surface area (Å²) in [7, 11) is 0. The lowest BCUT2D eigenvalue weighted by Gasteiger charge is -2.38. The van der Waals surface area contributed by atoms with Gasteiger partial charge in [0, 0.05) is 32.4 Å². The van der Waals surface area contributed by atoms with Crippen molar-refractivity contribution in [2.24, 2.45) is 5.41 Å². The summed E-state index contributed by atoms with van der Waals surface area (Å²) in [5.74, 6) is -0.490. The number of benzene rings is 1. The average Bonchev–Trinajstić information content (AvgIpc) is 3.25. The highest BCUT2D eigenvalue weighted by atomic mass is 16.6. The third-order valence-corrected chi connectivity index (χ3v) is 5.28. The Labute approximate surface area is 182 Å². The zero-order valence-corrected chi connectivity index (χ0v) is 18.3. The summed E-state index contributed by atoms with van der Waals surface area (Å²) < 4.78 is 5.04. The number of aromatic nitrogens is 2. The van der Waals surface area contributed by atoms with Gasteiger partial charge in [-0.1, -0.05) is 32.9 Å². The van der Waals surface area contributed by atoms with Crippen LogP contribution in [0.5, 0.6) is 0 Å². The van der Waals surface area contributed by atoms with E-state index in [1.54, 1.807) is 11.2 Å². The van der Waals surface area contributed by atoms with Crippen molar-refractivity contribution in [2.75, 3.05) is 26.2 Å². The highest BCUT2D eigenvalue weighted by molar-refractivity contribution is 5.84. The van der Waals surface area contributed by atoms with E-state index >= 15 is 0 Å². The van der Waals surface area contributed by atoms with Crippen molar-refractivity contribution in [2.45, 2.75) is 39.7 Å². The minimum Gasteiger partial charge on any atom is -0.376 e. The molecule has 1 unspecified atom stereocenters. The molecule has 2 aromatic rings. The SMILES string of the molecule is CC(C)(C)CC(=O)OC(=O)N1CCN(C(Cc2ccc(C#N)cc2)c2cnc[nH]2)CC1. The number of esters is 1. The summed E-state index contributed by atoms with van der Waals surface area (Å²) >= 11 is 0. The summed E-state index contributed by atoms with van der Waals surface area (Å²) in [5.41, 5.74) is 2.53. The van der Waals surface area contributed by atoms with Gasteiger partial charge in [-0.15, -0.1) is 0 Å². The smallest absolute Gasteiger partial charge is 0.376 e. The molecular weight excluding hydrogens is 394 g/mol. The van der Waals surface area contributed by atoms with Crippen molar-refractivity contribution < 1.29 is 14.3 Å². The van der Waals surface area contributed by atoms with Crippen molar-refractivity contribution in [1.82, 2.24) is 19.8 Å². The van der Waals surface area contributed by atoms with Crippen LogP contribution in [0.2, 0.25) is 0 Å². The third kappa shape index (κ3) is 6.40. The first-order valence-electron chi connectivity index (χ1n) is 10.5. The van der Waals surface area contributed by atoms with Gasteiger partial charge in [0.1, 0.15) is 0 Å². The fourth-order valence-corrected chi connectivity index (χ4v) is 3.67. The number of nitrogens with zero attached hydrogens (tertiary/aromatic N) is 4. The summed E-state index contributed by atoms with van der Waals surface area (Å²) in [6.45, 7) is 8.08. The number of nitriles is 1. The van der Waals surface area contributed by atoms with Crippen LogP contribution in [0.15, 0.2) is 36.8 Å². The monoisotopic (exact) mass is 423 g/mol. The molecule has 1 N–H and O–H groups in total. The van der Waals surface area contributed by atoms with Gasteiger partial charge < -0.3 is 14.6 Å². The van der Waals surface area contributed by atoms with Gasteiger partial charge in [-0.25, -0.2) is 9.78 Å². The molecule has 1 fully saturated rings. The molecule has 0 bridgehead atoms. The Hall–Kier alpha value is -3.18. The standard InChI is InChI=1S/C23H29N5O3/c1-23(2,3)13-21(29)31-22(30)28-10-8-27(9-11-28)20(19-15-25-16-26-19)12-17-4-6-18(14-24)7-5-17/h4-7,15-16,20H,8-13H2,1-3H3,(H,25,26). The maximum Gasteiger partial charge on any atom is 0.417 e. The van der Waals surface area contributed by atoms with Crippen molar-refractivity contribution >= 4 is 12.1 Å². The van der Waals surface area contributed by atoms with Crippen LogP contribution in [-0.2, 0) is 16.0 Å². The number of piperazine rings is 1. The van der Waals surface area contributed by atoms with Crippen molar-refractivity contribution in [3.8, 4) is 6.07 Å². The number of aromatic amines is 1. The fourth-order valence-electron chi connectivity index (χ4n) is 3.67. The van der Waals surface area contributed by atoms with Crippen molar-refractivity contribution in [3.05, 3.63) is 53.6 Å². The molecule has 1 aromatic heterocycles. The van der Waals surface area contributed by atoms with E-state index in [1.165, 1.54) is 0 Å². The normalized spacial score (nSPS) is 15.9. The van der Waals surface area contributed by atoms with E-state index in [2.05, 4.69) is 20.9 Å². The van der Waals surface area contributed by atoms with Gasteiger partial charge in [-0.05, 0) is 29.5 Å². The molecule has 1 aliphatic heterocycles. The van der Waals surface area contributed by atoms with E-state index in [1.807, 2.05) is 51.2 Å². The van der Waals surface area contributed by atoms with E-state index in [0.29, 0.717) is 31.7 Å². The van der Waals surface area contributed by atoms with Gasteiger partial charge in [0.25, 0.3) is 0 Å². The average molecular weight is 424 g/mol. The van der Waals surface area contributed by atoms with Gasteiger partial charge in [0.2, 0.25) is 0 Å². The minimum absolute atomic E-state index is 0.0659. The summed E-state index contributed by atoms with van der Waals surface area (Å²) in [5, 5.41) is 9.01. The van der Waals surface area contributed by atoms with Crippen molar-refractivity contribution in [3.63, 3.8) is 0 Å². The molecule has 1 atom stereocenters. The Balaban J connectivity index is 1.61. The molecule has 31 heavy (non-hydrogen) atoms. The molecule has 1 aliphatic rings. The van der Waals surface area contributed by atoms with Gasteiger partial charge in [0.15, 0.2) is 0 Å². The molecule has 0 radical (unpaired) electrons. The lowest BCUT2D eigenvalue weighted by atomic mass is 9.93. The van der Waals surface area contributed by atoms with Crippen LogP contribution in [0.25, 0.3) is 0 Å². The third-order valence-electron chi connectivity index (χ3n) is 5.28. The molecule has 0 aliphatic carbocycles. The van der Waals surface area contributed by atoms with Gasteiger partial charge in [-0.2, -0.15) is 5.26 Å². The molecule has 0 spiro atoms. The molecular formula is C23H29N5O3. The Bertz CT molecular complexity index is 918. The topological polar surface area (TPSA) is 102 Å². The highest BCUT2D eigenvalue weighted by Gasteiger charge is 2.30. The zero-order valence-electron chi connectivity index (χ0n) is 18.3. The number of carbonyl (C=O) groups is 2. The number of hydrogen-bond donors (Lipinski definition) is 1. The predicted molar refractivity (Wildman–Crippen MR) is 115 cm³/mol. The molecule has 1 amide bonds. The van der Waals surface area contributed by atoms with Crippen LogP contribution >= 0.6 is 0 Å². The molecule has 2 heterocycles. The number of imidazole rings is 1. The van der Waals surface area contributed by atoms with Gasteiger partial charge >= 0.3 is 12.1 Å². The molecule has 3 rings (SSSR count). The van der Waals surface area contributed by atoms with Gasteiger partial charge in [-0.3, -0.25) is 9.69 Å². The quantitative estimate of drug-likeness (QED) is 0.585. The van der Waals surface area contributed by atoms with Crippen LogP contribution in [0.4, 0.5) is 4.79 Å². The van der Waals surface area contributed by atoms with Crippen LogP contribution in [-0.4, -0.2) is 58.0 Å². The molecule has 8 nitrogen and oxygen atoms in total. The second kappa shape index (κ2) is 9.75. The second-order valence-corrected chi connectivity index (χ2v) is 9.04. The second-order valence-electron chi connectivity index (χ2n) is 9.04. The van der Waals surface area contributed by atoms with E-state index < -0.39 is 12.1 Å². The minimum atomic E-state index is -0.570. The van der Waals surface area contributed by atoms with E-state index in [0.717, 1.165) is 17.7 Å². The maximum absolute atomic E-state index is 12.4. The Morgan fingerprint density at radius 1 is 1.19 bits per heavy atom. The lowest BCUT2D eigenvalue weighted by Crippen LogP contribution is -2.50. The number of carbonyl (C=O) groups excluding carboxylic acids is 2. The highest BCUT2D eigenvalue weighted by Crippen LogP contribution is 2.25. The van der Waals surface area contributed by atoms with Crippen LogP contribution in [0.3, 0.4) is 0 Å². The Kier molecular flexibility index (Phi) is 7.08. The number of hydrogen-bond acceptors (Lipinski definition) is 6. The Morgan fingerprint density at radius 3 is 2.42 bits per heavy atom. The molecule has 1 saturated heterocycles. The molecule has 0 saturated carbocycles. The van der Waals surface area contributed by atoms with Gasteiger partial charge in [0.05, 0.1) is 36.1 Å². The predicted octanol–water partition coefficient (Wildman–Crippen LogP) is 3.28. The number of amides is 1. The maximum atomic E-state index is 12.4. The molecule has 8 heteroatoms. The molecule has 164 valence electrons. The lowest BCUT2D eigenvalue weighted by molar-refractivity contribution is -0.140. The zero-order chi connectivity index (χ0) is 22.4. The fraction of sp³-hybridized carbons (Fsp3) is 0.478. The van der Waals surface area contributed by atoms with E-state index in [9.17, 15) is 9.59 Å². The first kappa shape index (κ1) is 22.5. The largest absolute Gasteiger partial charge is 0.417 e. The van der Waals surface area contributed by atoms with Crippen LogP contribution < -0.4 is 0 Å². The molecule has 1 aromatic carbocycles. The number of ether oxygens (including phenoxy) is 1. The number of nitrogens with one attached hydrogen (secondary N) is 1. The summed E-state index contributed by atoms with van der Waals surface area (Å²) in [4.78, 5) is 35.6. The van der Waals surface area contributed by atoms with Crippen LogP contribution in [0.1, 0.15) is 50.1 Å². The van der Waals surface area contributed by atoms with Crippen molar-refractivity contribution in [1.29, 1.82) is 5.26 Å². The summed E-state index contributed by atoms with van der Waals surface area (Å²) in [6.07, 6.45) is 3.86. The number of rotatable bonds is 5.